The number of hydrogen-bond acceptors (Lipinski definition) is 4. The van der Waals surface area contributed by atoms with Crippen molar-refractivity contribution in [2.45, 2.75) is 6.54 Å². The van der Waals surface area contributed by atoms with E-state index in [2.05, 4.69) is 10.3 Å². The third-order valence-corrected chi connectivity index (χ3v) is 3.05. The maximum Gasteiger partial charge on any atom is 0.358 e. The Labute approximate surface area is 118 Å². The van der Waals surface area contributed by atoms with Crippen LogP contribution in [0.15, 0.2) is 24.4 Å². The number of carbonyl (C=O) groups is 1. The van der Waals surface area contributed by atoms with Crippen molar-refractivity contribution in [2.75, 3.05) is 6.61 Å². The molecule has 0 atom stereocenters. The number of nitrogens with zero attached hydrogens (tertiary/aromatic N) is 3. The zero-order chi connectivity index (χ0) is 13.8. The minimum Gasteiger partial charge on any atom is -0.490 e. The summed E-state index contributed by atoms with van der Waals surface area (Å²) in [4.78, 5) is 10.6. The maximum absolute atomic E-state index is 10.6. The monoisotopic (exact) mass is 301 g/mol. The number of carboxylic acids is 1. The van der Waals surface area contributed by atoms with Crippen LogP contribution in [0.1, 0.15) is 10.5 Å². The molecule has 6 nitrogen and oxygen atoms in total. The van der Waals surface area contributed by atoms with Crippen LogP contribution in [0.3, 0.4) is 0 Å². The van der Waals surface area contributed by atoms with Crippen molar-refractivity contribution < 1.29 is 14.6 Å². The zero-order valence-corrected chi connectivity index (χ0v) is 11.1. The van der Waals surface area contributed by atoms with Gasteiger partial charge in [0.1, 0.15) is 17.4 Å². The van der Waals surface area contributed by atoms with E-state index in [1.807, 2.05) is 0 Å². The Morgan fingerprint density at radius 3 is 2.89 bits per heavy atom. The molecule has 0 saturated heterocycles. The average molecular weight is 302 g/mol. The van der Waals surface area contributed by atoms with Gasteiger partial charge in [-0.05, 0) is 12.1 Å². The van der Waals surface area contributed by atoms with Crippen LogP contribution in [-0.4, -0.2) is 32.7 Å². The standard InChI is InChI=1S/C11H9Cl2N3O3/c12-7-2-1-3-9(10(7)13)19-5-4-16-6-8(11(17)18)14-15-16/h1-3,6H,4-5H2,(H,17,18). The SMILES string of the molecule is O=C(O)c1cn(CCOc2cccc(Cl)c2Cl)nn1. The molecule has 1 aromatic carbocycles. The summed E-state index contributed by atoms with van der Waals surface area (Å²) in [6.45, 7) is 0.617. The van der Waals surface area contributed by atoms with Crippen LogP contribution in [0, 0.1) is 0 Å². The molecule has 1 heterocycles. The summed E-state index contributed by atoms with van der Waals surface area (Å²) >= 11 is 11.8. The Kier molecular flexibility index (Phi) is 4.24. The van der Waals surface area contributed by atoms with E-state index in [-0.39, 0.29) is 12.3 Å². The molecule has 8 heteroatoms. The molecule has 2 aromatic rings. The van der Waals surface area contributed by atoms with Gasteiger partial charge in [0.15, 0.2) is 5.69 Å². The molecule has 0 spiro atoms. The average Bonchev–Trinajstić information content (AvgIpc) is 2.83. The highest BCUT2D eigenvalue weighted by atomic mass is 35.5. The number of rotatable bonds is 5. The summed E-state index contributed by atoms with van der Waals surface area (Å²) in [6.07, 6.45) is 1.32. The summed E-state index contributed by atoms with van der Waals surface area (Å²) in [5.74, 6) is -0.655. The molecule has 0 saturated carbocycles. The van der Waals surface area contributed by atoms with Crippen LogP contribution in [0.25, 0.3) is 0 Å². The Hall–Kier alpha value is -1.79. The number of ether oxygens (including phenoxy) is 1. The number of halogens is 2. The van der Waals surface area contributed by atoms with Crippen molar-refractivity contribution in [3.05, 3.63) is 40.1 Å². The fourth-order valence-electron chi connectivity index (χ4n) is 1.35. The largest absolute Gasteiger partial charge is 0.490 e. The highest BCUT2D eigenvalue weighted by Gasteiger charge is 2.09. The van der Waals surface area contributed by atoms with E-state index in [0.717, 1.165) is 0 Å². The van der Waals surface area contributed by atoms with Gasteiger partial charge in [0.05, 0.1) is 17.8 Å². The second-order valence-corrected chi connectivity index (χ2v) is 4.36. The predicted molar refractivity (Wildman–Crippen MR) is 68.9 cm³/mol. The lowest BCUT2D eigenvalue weighted by Gasteiger charge is -2.08. The zero-order valence-electron chi connectivity index (χ0n) is 9.58. The van der Waals surface area contributed by atoms with Gasteiger partial charge in [0, 0.05) is 0 Å². The Morgan fingerprint density at radius 1 is 1.42 bits per heavy atom. The van der Waals surface area contributed by atoms with Crippen LogP contribution in [0.5, 0.6) is 5.75 Å². The lowest BCUT2D eigenvalue weighted by molar-refractivity contribution is 0.0690. The first-order chi connectivity index (χ1) is 9.08. The lowest BCUT2D eigenvalue weighted by atomic mass is 10.3. The molecule has 0 unspecified atom stereocenters. The van der Waals surface area contributed by atoms with Crippen LogP contribution >= 0.6 is 23.2 Å². The first-order valence-corrected chi connectivity index (χ1v) is 6.04. The fraction of sp³-hybridized carbons (Fsp3) is 0.182. The van der Waals surface area contributed by atoms with Gasteiger partial charge >= 0.3 is 5.97 Å². The van der Waals surface area contributed by atoms with Gasteiger partial charge in [0.2, 0.25) is 0 Å². The van der Waals surface area contributed by atoms with Gasteiger partial charge in [-0.3, -0.25) is 0 Å². The molecular formula is C11H9Cl2N3O3. The molecule has 100 valence electrons. The molecule has 0 aliphatic carbocycles. The molecule has 0 bridgehead atoms. The number of carboxylic acid groups (broad SMARTS) is 1. The van der Waals surface area contributed by atoms with Crippen molar-refractivity contribution in [3.8, 4) is 5.75 Å². The van der Waals surface area contributed by atoms with Crippen molar-refractivity contribution in [3.63, 3.8) is 0 Å². The van der Waals surface area contributed by atoms with Gasteiger partial charge in [-0.1, -0.05) is 34.5 Å². The topological polar surface area (TPSA) is 77.2 Å². The summed E-state index contributed by atoms with van der Waals surface area (Å²) in [5.41, 5.74) is -0.110. The second kappa shape index (κ2) is 5.90. The Balaban J connectivity index is 1.92. The van der Waals surface area contributed by atoms with E-state index >= 15 is 0 Å². The maximum atomic E-state index is 10.6. The molecule has 19 heavy (non-hydrogen) atoms. The summed E-state index contributed by atoms with van der Waals surface area (Å²) in [5, 5.41) is 16.6. The third kappa shape index (κ3) is 3.36. The highest BCUT2D eigenvalue weighted by molar-refractivity contribution is 6.42. The molecule has 0 fully saturated rings. The minimum atomic E-state index is -1.12. The lowest BCUT2D eigenvalue weighted by Crippen LogP contribution is -2.09. The summed E-state index contributed by atoms with van der Waals surface area (Å²) in [7, 11) is 0. The van der Waals surface area contributed by atoms with E-state index in [4.69, 9.17) is 33.0 Å². The van der Waals surface area contributed by atoms with E-state index in [1.54, 1.807) is 18.2 Å². The second-order valence-electron chi connectivity index (χ2n) is 3.57. The van der Waals surface area contributed by atoms with Gasteiger partial charge < -0.3 is 9.84 Å². The molecule has 0 aliphatic rings. The van der Waals surface area contributed by atoms with E-state index < -0.39 is 5.97 Å². The summed E-state index contributed by atoms with van der Waals surface area (Å²) < 4.78 is 6.82. The smallest absolute Gasteiger partial charge is 0.358 e. The molecule has 1 N–H and O–H groups in total. The molecule has 0 radical (unpaired) electrons. The molecule has 0 aliphatic heterocycles. The predicted octanol–water partition coefficient (Wildman–Crippen LogP) is 2.36. The van der Waals surface area contributed by atoms with E-state index in [1.165, 1.54) is 10.9 Å². The van der Waals surface area contributed by atoms with Gasteiger partial charge in [-0.2, -0.15) is 0 Å². The van der Waals surface area contributed by atoms with Crippen LogP contribution in [0.4, 0.5) is 0 Å². The number of aromatic carboxylic acids is 1. The Bertz CT molecular complexity index is 601. The summed E-state index contributed by atoms with van der Waals surface area (Å²) in [6, 6.07) is 5.08. The molecule has 1 aromatic heterocycles. The first kappa shape index (κ1) is 13.6. The van der Waals surface area contributed by atoms with Crippen molar-refractivity contribution in [2.24, 2.45) is 0 Å². The molecule has 2 rings (SSSR count). The quantitative estimate of drug-likeness (QED) is 0.917. The van der Waals surface area contributed by atoms with Crippen molar-refractivity contribution in [1.29, 1.82) is 0 Å². The fourth-order valence-corrected chi connectivity index (χ4v) is 1.70. The van der Waals surface area contributed by atoms with Crippen LogP contribution < -0.4 is 4.74 Å². The minimum absolute atomic E-state index is 0.110. The van der Waals surface area contributed by atoms with Crippen molar-refractivity contribution >= 4 is 29.2 Å². The van der Waals surface area contributed by atoms with Crippen molar-refractivity contribution in [1.82, 2.24) is 15.0 Å². The van der Waals surface area contributed by atoms with Crippen LogP contribution in [-0.2, 0) is 6.54 Å². The number of aromatic nitrogens is 3. The number of hydrogen-bond donors (Lipinski definition) is 1. The van der Waals surface area contributed by atoms with Crippen LogP contribution in [0.2, 0.25) is 10.0 Å². The Morgan fingerprint density at radius 2 is 2.21 bits per heavy atom. The van der Waals surface area contributed by atoms with Gasteiger partial charge in [0.25, 0.3) is 0 Å². The normalized spacial score (nSPS) is 10.4. The van der Waals surface area contributed by atoms with Gasteiger partial charge in [-0.15, -0.1) is 5.10 Å². The first-order valence-electron chi connectivity index (χ1n) is 5.28. The number of benzene rings is 1. The molecule has 0 amide bonds. The van der Waals surface area contributed by atoms with E-state index in [9.17, 15) is 4.79 Å². The highest BCUT2D eigenvalue weighted by Crippen LogP contribution is 2.31. The van der Waals surface area contributed by atoms with Gasteiger partial charge in [-0.25, -0.2) is 9.48 Å². The molecular weight excluding hydrogens is 293 g/mol. The third-order valence-electron chi connectivity index (χ3n) is 2.25. The van der Waals surface area contributed by atoms with E-state index in [0.29, 0.717) is 22.3 Å².